The van der Waals surface area contributed by atoms with Crippen LogP contribution in [0.3, 0.4) is 0 Å². The summed E-state index contributed by atoms with van der Waals surface area (Å²) in [6.07, 6.45) is 1.12. The van der Waals surface area contributed by atoms with Crippen LogP contribution >= 0.6 is 22.6 Å². The Hall–Kier alpha value is -1.61. The largest absolute Gasteiger partial charge is 0.507 e. The van der Waals surface area contributed by atoms with Crippen LogP contribution < -0.4 is 5.32 Å². The quantitative estimate of drug-likeness (QED) is 0.753. The highest BCUT2D eigenvalue weighted by Crippen LogP contribution is 2.21. The molecule has 0 radical (unpaired) electrons. The van der Waals surface area contributed by atoms with Gasteiger partial charge >= 0.3 is 0 Å². The van der Waals surface area contributed by atoms with Crippen LogP contribution in [0.2, 0.25) is 0 Å². The molecule has 2 N–H and O–H groups in total. The molecule has 2 aromatic rings. The Morgan fingerprint density at radius 3 is 2.29 bits per heavy atom. The molecule has 0 bridgehead atoms. The Morgan fingerprint density at radius 2 is 1.76 bits per heavy atom. The normalized spacial score (nSPS) is 11.1. The van der Waals surface area contributed by atoms with Crippen LogP contribution in [0.25, 0.3) is 0 Å². The maximum absolute atomic E-state index is 12.0. The van der Waals surface area contributed by atoms with Crippen molar-refractivity contribution in [2.45, 2.75) is 4.90 Å². The minimum Gasteiger partial charge on any atom is -0.507 e. The molecule has 0 spiro atoms. The van der Waals surface area contributed by atoms with Crippen molar-refractivity contribution in [3.8, 4) is 5.75 Å². The molecule has 0 saturated carbocycles. The first-order valence-corrected chi connectivity index (χ1v) is 8.84. The summed E-state index contributed by atoms with van der Waals surface area (Å²) in [7, 11) is -3.26. The first-order chi connectivity index (χ1) is 9.77. The van der Waals surface area contributed by atoms with Gasteiger partial charge in [0.1, 0.15) is 5.75 Å². The topological polar surface area (TPSA) is 83.5 Å². The maximum Gasteiger partial charge on any atom is 0.255 e. The number of phenolic OH excluding ortho intramolecular Hbond substituents is 1. The van der Waals surface area contributed by atoms with Gasteiger partial charge in [0.05, 0.1) is 8.47 Å². The number of aromatic hydroxyl groups is 1. The smallest absolute Gasteiger partial charge is 0.255 e. The summed E-state index contributed by atoms with van der Waals surface area (Å²) in [4.78, 5) is 12.2. The van der Waals surface area contributed by atoms with Crippen LogP contribution in [0, 0.1) is 3.57 Å². The van der Waals surface area contributed by atoms with Gasteiger partial charge in [0.25, 0.3) is 5.91 Å². The van der Waals surface area contributed by atoms with E-state index in [1.807, 2.05) is 22.6 Å². The summed E-state index contributed by atoms with van der Waals surface area (Å²) < 4.78 is 23.3. The molecule has 2 aromatic carbocycles. The highest BCUT2D eigenvalue weighted by atomic mass is 127. The van der Waals surface area contributed by atoms with Gasteiger partial charge in [-0.1, -0.05) is 0 Å². The molecule has 0 saturated heterocycles. The van der Waals surface area contributed by atoms with Crippen LogP contribution in [0.15, 0.2) is 47.4 Å². The lowest BCUT2D eigenvalue weighted by molar-refractivity contribution is 0.102. The second kappa shape index (κ2) is 6.02. The van der Waals surface area contributed by atoms with Crippen molar-refractivity contribution in [1.82, 2.24) is 0 Å². The summed E-state index contributed by atoms with van der Waals surface area (Å²) in [6.45, 7) is 0. The lowest BCUT2D eigenvalue weighted by atomic mass is 10.2. The molecular weight excluding hydrogens is 405 g/mol. The number of nitrogens with one attached hydrogen (secondary N) is 1. The van der Waals surface area contributed by atoms with E-state index in [1.165, 1.54) is 30.3 Å². The van der Waals surface area contributed by atoms with E-state index in [-0.39, 0.29) is 16.6 Å². The Morgan fingerprint density at radius 1 is 1.14 bits per heavy atom. The zero-order chi connectivity index (χ0) is 15.6. The Balaban J connectivity index is 2.18. The number of phenols is 1. The fourth-order valence-corrected chi connectivity index (χ4v) is 2.61. The molecule has 0 atom stereocenters. The second-order valence-electron chi connectivity index (χ2n) is 4.42. The average Bonchev–Trinajstić information content (AvgIpc) is 2.41. The number of sulfone groups is 1. The molecular formula is C14H12INO4S. The highest BCUT2D eigenvalue weighted by Gasteiger charge is 2.10. The number of carbonyl (C=O) groups is 1. The third-order valence-electron chi connectivity index (χ3n) is 2.75. The standard InChI is InChI=1S/C14H12INO4S/c1-21(19,20)11-5-3-10(4-6-11)16-14(18)9-2-7-12(15)13(17)8-9/h2-8,17H,1H3,(H,16,18). The summed E-state index contributed by atoms with van der Waals surface area (Å²) in [5.74, 6) is -0.343. The molecule has 1 amide bonds. The van der Waals surface area contributed by atoms with E-state index < -0.39 is 9.84 Å². The highest BCUT2D eigenvalue weighted by molar-refractivity contribution is 14.1. The molecule has 110 valence electrons. The molecule has 0 fully saturated rings. The second-order valence-corrected chi connectivity index (χ2v) is 7.59. The van der Waals surface area contributed by atoms with Crippen LogP contribution in [0.5, 0.6) is 5.75 Å². The van der Waals surface area contributed by atoms with Crippen molar-refractivity contribution in [2.75, 3.05) is 11.6 Å². The van der Waals surface area contributed by atoms with Gasteiger partial charge < -0.3 is 10.4 Å². The van der Waals surface area contributed by atoms with E-state index in [9.17, 15) is 18.3 Å². The zero-order valence-corrected chi connectivity index (χ0v) is 14.0. The van der Waals surface area contributed by atoms with E-state index in [2.05, 4.69) is 5.32 Å². The number of benzene rings is 2. The average molecular weight is 417 g/mol. The predicted octanol–water partition coefficient (Wildman–Crippen LogP) is 2.65. The van der Waals surface area contributed by atoms with Crippen molar-refractivity contribution < 1.29 is 18.3 Å². The van der Waals surface area contributed by atoms with Gasteiger partial charge in [-0.15, -0.1) is 0 Å². The van der Waals surface area contributed by atoms with Crippen LogP contribution in [0.1, 0.15) is 10.4 Å². The van der Waals surface area contributed by atoms with E-state index >= 15 is 0 Å². The van der Waals surface area contributed by atoms with Crippen molar-refractivity contribution in [2.24, 2.45) is 0 Å². The summed E-state index contributed by atoms with van der Waals surface area (Å²) in [5.41, 5.74) is 0.797. The molecule has 0 aliphatic rings. The van der Waals surface area contributed by atoms with E-state index in [4.69, 9.17) is 0 Å². The fourth-order valence-electron chi connectivity index (χ4n) is 1.64. The van der Waals surface area contributed by atoms with Gasteiger partial charge in [0.2, 0.25) is 0 Å². The molecule has 5 nitrogen and oxygen atoms in total. The molecule has 0 aliphatic carbocycles. The summed E-state index contributed by atoms with van der Waals surface area (Å²) in [5, 5.41) is 12.2. The van der Waals surface area contributed by atoms with Gasteiger partial charge in [0.15, 0.2) is 9.84 Å². The van der Waals surface area contributed by atoms with Crippen LogP contribution in [0.4, 0.5) is 5.69 Å². The van der Waals surface area contributed by atoms with Gasteiger partial charge in [-0.05, 0) is 65.1 Å². The lowest BCUT2D eigenvalue weighted by Crippen LogP contribution is -2.12. The molecule has 0 heterocycles. The lowest BCUT2D eigenvalue weighted by Gasteiger charge is -2.07. The third kappa shape index (κ3) is 3.94. The number of carbonyl (C=O) groups excluding carboxylic acids is 1. The van der Waals surface area contributed by atoms with Gasteiger partial charge in [0, 0.05) is 17.5 Å². The Labute approximate surface area is 136 Å². The SMILES string of the molecule is CS(=O)(=O)c1ccc(NC(=O)c2ccc(I)c(O)c2)cc1. The Bertz CT molecular complexity index is 785. The van der Waals surface area contributed by atoms with Crippen LogP contribution in [-0.2, 0) is 9.84 Å². The van der Waals surface area contributed by atoms with Crippen molar-refractivity contribution >= 4 is 44.0 Å². The minimum atomic E-state index is -3.26. The molecule has 2 rings (SSSR count). The molecule has 0 aliphatic heterocycles. The first kappa shape index (κ1) is 15.8. The molecule has 21 heavy (non-hydrogen) atoms. The van der Waals surface area contributed by atoms with E-state index in [0.717, 1.165) is 6.26 Å². The first-order valence-electron chi connectivity index (χ1n) is 5.87. The van der Waals surface area contributed by atoms with Gasteiger partial charge in [-0.25, -0.2) is 8.42 Å². The summed E-state index contributed by atoms with van der Waals surface area (Å²) in [6, 6.07) is 10.5. The monoisotopic (exact) mass is 417 g/mol. The maximum atomic E-state index is 12.0. The number of hydrogen-bond acceptors (Lipinski definition) is 4. The van der Waals surface area contributed by atoms with E-state index in [1.54, 1.807) is 12.1 Å². The van der Waals surface area contributed by atoms with Gasteiger partial charge in [-0.2, -0.15) is 0 Å². The summed E-state index contributed by atoms with van der Waals surface area (Å²) >= 11 is 1.96. The third-order valence-corrected chi connectivity index (χ3v) is 4.79. The molecule has 0 unspecified atom stereocenters. The predicted molar refractivity (Wildman–Crippen MR) is 88.3 cm³/mol. The van der Waals surface area contributed by atoms with Crippen molar-refractivity contribution in [1.29, 1.82) is 0 Å². The number of amides is 1. The Kier molecular flexibility index (Phi) is 4.52. The number of hydrogen-bond donors (Lipinski definition) is 2. The molecule has 7 heteroatoms. The molecule has 0 aromatic heterocycles. The fraction of sp³-hybridized carbons (Fsp3) is 0.0714. The number of halogens is 1. The van der Waals surface area contributed by atoms with Crippen LogP contribution in [-0.4, -0.2) is 25.7 Å². The van der Waals surface area contributed by atoms with Gasteiger partial charge in [-0.3, -0.25) is 4.79 Å². The zero-order valence-electron chi connectivity index (χ0n) is 11.0. The number of anilines is 1. The van der Waals surface area contributed by atoms with Crippen molar-refractivity contribution in [3.05, 3.63) is 51.6 Å². The van der Waals surface area contributed by atoms with E-state index in [0.29, 0.717) is 14.8 Å². The van der Waals surface area contributed by atoms with Crippen molar-refractivity contribution in [3.63, 3.8) is 0 Å². The minimum absolute atomic E-state index is 0.0377. The number of rotatable bonds is 3.